The highest BCUT2D eigenvalue weighted by Crippen LogP contribution is 2.36. The quantitative estimate of drug-likeness (QED) is 0.439. The zero-order chi connectivity index (χ0) is 13.7. The molecule has 0 aliphatic heterocycles. The number of hydrogen-bond donors (Lipinski definition) is 2. The SMILES string of the molecule is N#CC(C#N)=C(C#N)Nc1c(Br)ccc(I)c1O. The predicted octanol–water partition coefficient (Wildman–Crippen LogP) is 3.00. The molecule has 1 aromatic rings. The molecule has 0 fully saturated rings. The maximum atomic E-state index is 9.85. The Bertz CT molecular complexity index is 633. The zero-order valence-electron chi connectivity index (χ0n) is 8.70. The van der Waals surface area contributed by atoms with Gasteiger partial charge in [0, 0.05) is 4.47 Å². The molecular weight excluding hydrogens is 411 g/mol. The van der Waals surface area contributed by atoms with E-state index in [1.807, 2.05) is 22.6 Å². The second-order valence-corrected chi connectivity index (χ2v) is 4.98. The van der Waals surface area contributed by atoms with Crippen molar-refractivity contribution in [3.63, 3.8) is 0 Å². The highest BCUT2D eigenvalue weighted by atomic mass is 127. The Morgan fingerprint density at radius 2 is 1.83 bits per heavy atom. The molecule has 5 nitrogen and oxygen atoms in total. The Morgan fingerprint density at radius 1 is 1.22 bits per heavy atom. The van der Waals surface area contributed by atoms with Gasteiger partial charge in [0.05, 0.1) is 9.26 Å². The standard InChI is InChI=1S/C11H4BrIN4O/c12-7-1-2-8(13)11(18)10(7)17-9(5-16)6(3-14)4-15/h1-2,17-18H. The summed E-state index contributed by atoms with van der Waals surface area (Å²) in [6, 6.07) is 8.29. The molecule has 18 heavy (non-hydrogen) atoms. The van der Waals surface area contributed by atoms with Gasteiger partial charge in [-0.15, -0.1) is 0 Å². The van der Waals surface area contributed by atoms with Crippen LogP contribution in [0.25, 0.3) is 0 Å². The lowest BCUT2D eigenvalue weighted by Gasteiger charge is -2.10. The third-order valence-electron chi connectivity index (χ3n) is 1.91. The first-order valence-electron chi connectivity index (χ1n) is 4.43. The first kappa shape index (κ1) is 14.3. The minimum atomic E-state index is -0.345. The van der Waals surface area contributed by atoms with Gasteiger partial charge < -0.3 is 10.4 Å². The summed E-state index contributed by atoms with van der Waals surface area (Å²) in [6.07, 6.45) is 0. The third kappa shape index (κ3) is 2.92. The fraction of sp³-hybridized carbons (Fsp3) is 0. The molecule has 0 saturated carbocycles. The maximum Gasteiger partial charge on any atom is 0.163 e. The highest BCUT2D eigenvalue weighted by molar-refractivity contribution is 14.1. The molecule has 1 aromatic carbocycles. The monoisotopic (exact) mass is 414 g/mol. The molecule has 88 valence electrons. The van der Waals surface area contributed by atoms with Crippen LogP contribution in [0.4, 0.5) is 5.69 Å². The number of phenols is 1. The number of nitrogens with zero attached hydrogens (tertiary/aromatic N) is 3. The molecule has 0 unspecified atom stereocenters. The van der Waals surface area contributed by atoms with Crippen molar-refractivity contribution in [3.8, 4) is 24.0 Å². The molecule has 0 saturated heterocycles. The van der Waals surface area contributed by atoms with Crippen LogP contribution in [0.2, 0.25) is 0 Å². The Morgan fingerprint density at radius 3 is 2.33 bits per heavy atom. The van der Waals surface area contributed by atoms with Gasteiger partial charge in [0.2, 0.25) is 0 Å². The summed E-state index contributed by atoms with van der Waals surface area (Å²) in [6.45, 7) is 0. The Labute approximate surface area is 125 Å². The number of benzene rings is 1. The van der Waals surface area contributed by atoms with Gasteiger partial charge in [-0.25, -0.2) is 0 Å². The third-order valence-corrected chi connectivity index (χ3v) is 3.44. The molecule has 7 heteroatoms. The topological polar surface area (TPSA) is 104 Å². The molecule has 0 aromatic heterocycles. The Kier molecular flexibility index (Phi) is 4.96. The maximum absolute atomic E-state index is 9.85. The van der Waals surface area contributed by atoms with Crippen molar-refractivity contribution in [2.24, 2.45) is 0 Å². The summed E-state index contributed by atoms with van der Waals surface area (Å²) in [7, 11) is 0. The summed E-state index contributed by atoms with van der Waals surface area (Å²) in [5.41, 5.74) is -0.317. The lowest BCUT2D eigenvalue weighted by molar-refractivity contribution is 0.473. The van der Waals surface area contributed by atoms with Crippen LogP contribution < -0.4 is 5.32 Å². The van der Waals surface area contributed by atoms with E-state index < -0.39 is 0 Å². The number of nitrogens with one attached hydrogen (secondary N) is 1. The van der Waals surface area contributed by atoms with E-state index in [9.17, 15) is 5.11 Å². The normalized spacial score (nSPS) is 8.61. The minimum Gasteiger partial charge on any atom is -0.505 e. The van der Waals surface area contributed by atoms with Gasteiger partial charge in [0.25, 0.3) is 0 Å². The molecule has 0 aliphatic carbocycles. The number of aromatic hydroxyl groups is 1. The number of anilines is 1. The van der Waals surface area contributed by atoms with Gasteiger partial charge in [-0.1, -0.05) is 0 Å². The van der Waals surface area contributed by atoms with Crippen molar-refractivity contribution in [1.29, 1.82) is 15.8 Å². The molecule has 1 rings (SSSR count). The van der Waals surface area contributed by atoms with Gasteiger partial charge in [-0.2, -0.15) is 15.8 Å². The molecule has 2 N–H and O–H groups in total. The zero-order valence-corrected chi connectivity index (χ0v) is 12.4. The van der Waals surface area contributed by atoms with E-state index >= 15 is 0 Å². The summed E-state index contributed by atoms with van der Waals surface area (Å²) in [4.78, 5) is 0. The number of hydrogen-bond acceptors (Lipinski definition) is 5. The number of rotatable bonds is 2. The number of halogens is 2. The van der Waals surface area contributed by atoms with E-state index in [-0.39, 0.29) is 22.7 Å². The van der Waals surface area contributed by atoms with Crippen molar-refractivity contribution >= 4 is 44.2 Å². The summed E-state index contributed by atoms with van der Waals surface area (Å²) in [5, 5.41) is 38.7. The fourth-order valence-electron chi connectivity index (χ4n) is 1.07. The summed E-state index contributed by atoms with van der Waals surface area (Å²) >= 11 is 5.13. The largest absolute Gasteiger partial charge is 0.505 e. The van der Waals surface area contributed by atoms with Crippen LogP contribution in [0.1, 0.15) is 0 Å². The first-order valence-corrected chi connectivity index (χ1v) is 6.30. The number of allylic oxidation sites excluding steroid dienone is 2. The van der Waals surface area contributed by atoms with Crippen molar-refractivity contribution in [2.45, 2.75) is 0 Å². The molecule has 0 aliphatic rings. The van der Waals surface area contributed by atoms with Gasteiger partial charge in [0.15, 0.2) is 11.3 Å². The van der Waals surface area contributed by atoms with Crippen molar-refractivity contribution in [1.82, 2.24) is 0 Å². The second kappa shape index (κ2) is 6.25. The van der Waals surface area contributed by atoms with Gasteiger partial charge in [-0.05, 0) is 50.7 Å². The molecule has 0 amide bonds. The smallest absolute Gasteiger partial charge is 0.163 e. The fourth-order valence-corrected chi connectivity index (χ4v) is 1.94. The van der Waals surface area contributed by atoms with Crippen LogP contribution in [0.15, 0.2) is 27.9 Å². The van der Waals surface area contributed by atoms with Gasteiger partial charge in [-0.3, -0.25) is 0 Å². The lowest BCUT2D eigenvalue weighted by atomic mass is 10.2. The molecule has 0 spiro atoms. The average Bonchev–Trinajstić information content (AvgIpc) is 2.38. The minimum absolute atomic E-state index is 0.0621. The van der Waals surface area contributed by atoms with E-state index in [0.717, 1.165) is 0 Å². The summed E-state index contributed by atoms with van der Waals surface area (Å²) in [5.74, 6) is -0.0621. The second-order valence-electron chi connectivity index (χ2n) is 2.96. The van der Waals surface area contributed by atoms with E-state index in [2.05, 4.69) is 21.2 Å². The molecule has 0 bridgehead atoms. The van der Waals surface area contributed by atoms with Crippen LogP contribution in [0.3, 0.4) is 0 Å². The van der Waals surface area contributed by atoms with Crippen molar-refractivity contribution < 1.29 is 5.11 Å². The first-order chi connectivity index (χ1) is 8.54. The molecule has 0 radical (unpaired) electrons. The van der Waals surface area contributed by atoms with Crippen LogP contribution in [0.5, 0.6) is 5.75 Å². The van der Waals surface area contributed by atoms with Crippen LogP contribution >= 0.6 is 38.5 Å². The highest BCUT2D eigenvalue weighted by Gasteiger charge is 2.13. The van der Waals surface area contributed by atoms with Gasteiger partial charge >= 0.3 is 0 Å². The predicted molar refractivity (Wildman–Crippen MR) is 76.0 cm³/mol. The molecule has 0 heterocycles. The van der Waals surface area contributed by atoms with Crippen LogP contribution in [-0.2, 0) is 0 Å². The average molecular weight is 415 g/mol. The summed E-state index contributed by atoms with van der Waals surface area (Å²) < 4.78 is 1.09. The lowest BCUT2D eigenvalue weighted by Crippen LogP contribution is -2.02. The number of nitriles is 3. The van der Waals surface area contributed by atoms with E-state index in [4.69, 9.17) is 15.8 Å². The van der Waals surface area contributed by atoms with Gasteiger partial charge in [0.1, 0.15) is 23.9 Å². The Hall–Kier alpha value is -1.76. The van der Waals surface area contributed by atoms with Crippen molar-refractivity contribution in [3.05, 3.63) is 31.4 Å². The van der Waals surface area contributed by atoms with E-state index in [0.29, 0.717) is 8.04 Å². The van der Waals surface area contributed by atoms with Crippen molar-refractivity contribution in [2.75, 3.05) is 5.32 Å². The van der Waals surface area contributed by atoms with E-state index in [1.165, 1.54) is 0 Å². The van der Waals surface area contributed by atoms with Crippen LogP contribution in [-0.4, -0.2) is 5.11 Å². The van der Waals surface area contributed by atoms with Crippen LogP contribution in [0, 0.1) is 37.6 Å². The number of phenolic OH excluding ortho intramolecular Hbond substituents is 1. The van der Waals surface area contributed by atoms with E-state index in [1.54, 1.807) is 30.3 Å². The molecule has 0 atom stereocenters. The Balaban J connectivity index is 3.34. The molecular formula is C11H4BrIN4O.